The van der Waals surface area contributed by atoms with Gasteiger partial charge in [0, 0.05) is 5.69 Å². The highest BCUT2D eigenvalue weighted by molar-refractivity contribution is 5.92. The van der Waals surface area contributed by atoms with Crippen LogP contribution in [0.5, 0.6) is 5.75 Å². The zero-order valence-electron chi connectivity index (χ0n) is 12.9. The molecule has 1 aliphatic heterocycles. The summed E-state index contributed by atoms with van der Waals surface area (Å²) in [4.78, 5) is 14.4. The van der Waals surface area contributed by atoms with Gasteiger partial charge in [0.1, 0.15) is 5.75 Å². The molecule has 0 bridgehead atoms. The van der Waals surface area contributed by atoms with Crippen LogP contribution in [0.2, 0.25) is 0 Å². The molecule has 2 rings (SSSR count). The van der Waals surface area contributed by atoms with Crippen molar-refractivity contribution in [2.75, 3.05) is 31.6 Å². The van der Waals surface area contributed by atoms with E-state index in [1.54, 1.807) is 0 Å². The summed E-state index contributed by atoms with van der Waals surface area (Å²) in [6.07, 6.45) is 6.33. The molecule has 1 saturated heterocycles. The average molecular weight is 290 g/mol. The Morgan fingerprint density at radius 2 is 1.71 bits per heavy atom. The molecule has 0 aliphatic carbocycles. The lowest BCUT2D eigenvalue weighted by atomic mass is 10.1. The van der Waals surface area contributed by atoms with Gasteiger partial charge in [-0.1, -0.05) is 19.3 Å². The lowest BCUT2D eigenvalue weighted by Gasteiger charge is -2.23. The number of nitrogens with one attached hydrogen (secondary N) is 1. The Morgan fingerprint density at radius 1 is 1.10 bits per heavy atom. The van der Waals surface area contributed by atoms with Crippen LogP contribution in [-0.2, 0) is 4.79 Å². The summed E-state index contributed by atoms with van der Waals surface area (Å²) < 4.78 is 5.39. The molecule has 1 N–H and O–H groups in total. The molecule has 4 nitrogen and oxygen atoms in total. The van der Waals surface area contributed by atoms with Crippen LogP contribution < -0.4 is 10.1 Å². The molecule has 21 heavy (non-hydrogen) atoms. The Labute approximate surface area is 127 Å². The van der Waals surface area contributed by atoms with E-state index in [-0.39, 0.29) is 5.91 Å². The molecule has 1 aliphatic rings. The topological polar surface area (TPSA) is 41.6 Å². The molecule has 0 saturated carbocycles. The molecule has 116 valence electrons. The standard InChI is InChI=1S/C17H26N2O2/c1-2-21-16-10-8-15(9-11-16)18-17(20)14-19-12-6-4-3-5-7-13-19/h8-11H,2-7,12-14H2,1H3,(H,18,20). The second-order valence-electron chi connectivity index (χ2n) is 5.55. The van der Waals surface area contributed by atoms with E-state index in [1.807, 2.05) is 31.2 Å². The zero-order valence-corrected chi connectivity index (χ0v) is 12.9. The van der Waals surface area contributed by atoms with Crippen LogP contribution in [0.25, 0.3) is 0 Å². The maximum atomic E-state index is 12.1. The summed E-state index contributed by atoms with van der Waals surface area (Å²) in [6, 6.07) is 7.54. The van der Waals surface area contributed by atoms with Crippen LogP contribution in [0.4, 0.5) is 5.69 Å². The van der Waals surface area contributed by atoms with Gasteiger partial charge in [-0.3, -0.25) is 9.69 Å². The van der Waals surface area contributed by atoms with Gasteiger partial charge in [-0.25, -0.2) is 0 Å². The van der Waals surface area contributed by atoms with Crippen LogP contribution >= 0.6 is 0 Å². The van der Waals surface area contributed by atoms with E-state index in [2.05, 4.69) is 10.2 Å². The fourth-order valence-electron chi connectivity index (χ4n) is 2.68. The first-order chi connectivity index (χ1) is 10.3. The number of benzene rings is 1. The summed E-state index contributed by atoms with van der Waals surface area (Å²) in [5.41, 5.74) is 0.829. The average Bonchev–Trinajstić information content (AvgIpc) is 2.44. The van der Waals surface area contributed by atoms with Gasteiger partial charge in [-0.05, 0) is 57.1 Å². The number of hydrogen-bond donors (Lipinski definition) is 1. The Hall–Kier alpha value is -1.55. The van der Waals surface area contributed by atoms with Crippen molar-refractivity contribution in [3.63, 3.8) is 0 Å². The molecule has 1 fully saturated rings. The molecule has 0 spiro atoms. The van der Waals surface area contributed by atoms with Crippen LogP contribution in [0, 0.1) is 0 Å². The fraction of sp³-hybridized carbons (Fsp3) is 0.588. The Balaban J connectivity index is 1.79. The highest BCUT2D eigenvalue weighted by Gasteiger charge is 2.12. The molecule has 1 amide bonds. The number of anilines is 1. The lowest BCUT2D eigenvalue weighted by molar-refractivity contribution is -0.117. The van der Waals surface area contributed by atoms with Crippen LogP contribution in [0.1, 0.15) is 39.0 Å². The second kappa shape index (κ2) is 8.67. The highest BCUT2D eigenvalue weighted by Crippen LogP contribution is 2.16. The first-order valence-electron chi connectivity index (χ1n) is 8.03. The maximum absolute atomic E-state index is 12.1. The van der Waals surface area contributed by atoms with Crippen molar-refractivity contribution < 1.29 is 9.53 Å². The number of amides is 1. The molecule has 0 atom stereocenters. The fourth-order valence-corrected chi connectivity index (χ4v) is 2.68. The van der Waals surface area contributed by atoms with Crippen LogP contribution in [0.15, 0.2) is 24.3 Å². The largest absolute Gasteiger partial charge is 0.494 e. The quantitative estimate of drug-likeness (QED) is 0.904. The van der Waals surface area contributed by atoms with Crippen molar-refractivity contribution in [3.05, 3.63) is 24.3 Å². The van der Waals surface area contributed by atoms with Crippen molar-refractivity contribution >= 4 is 11.6 Å². The Morgan fingerprint density at radius 3 is 2.33 bits per heavy atom. The molecule has 1 aromatic rings. The molecule has 0 radical (unpaired) electrons. The van der Waals surface area contributed by atoms with Gasteiger partial charge >= 0.3 is 0 Å². The summed E-state index contributed by atoms with van der Waals surface area (Å²) in [5, 5.41) is 2.96. The third-order valence-electron chi connectivity index (χ3n) is 3.76. The van der Waals surface area contributed by atoms with Crippen molar-refractivity contribution in [1.29, 1.82) is 0 Å². The molecule has 0 aromatic heterocycles. The van der Waals surface area contributed by atoms with E-state index < -0.39 is 0 Å². The van der Waals surface area contributed by atoms with Crippen molar-refractivity contribution in [3.8, 4) is 5.75 Å². The molecule has 0 unspecified atom stereocenters. The summed E-state index contributed by atoms with van der Waals surface area (Å²) >= 11 is 0. The van der Waals surface area contributed by atoms with Gasteiger partial charge in [0.05, 0.1) is 13.2 Å². The van der Waals surface area contributed by atoms with Gasteiger partial charge in [-0.2, -0.15) is 0 Å². The molecule has 1 aromatic carbocycles. The van der Waals surface area contributed by atoms with Gasteiger partial charge < -0.3 is 10.1 Å². The van der Waals surface area contributed by atoms with E-state index in [4.69, 9.17) is 4.74 Å². The van der Waals surface area contributed by atoms with Crippen molar-refractivity contribution in [2.24, 2.45) is 0 Å². The summed E-state index contributed by atoms with van der Waals surface area (Å²) in [5.74, 6) is 0.902. The highest BCUT2D eigenvalue weighted by atomic mass is 16.5. The molecular formula is C17H26N2O2. The minimum Gasteiger partial charge on any atom is -0.494 e. The summed E-state index contributed by atoms with van der Waals surface area (Å²) in [7, 11) is 0. The van der Waals surface area contributed by atoms with Crippen molar-refractivity contribution in [1.82, 2.24) is 4.90 Å². The number of carbonyl (C=O) groups is 1. The lowest BCUT2D eigenvalue weighted by Crippen LogP contribution is -2.35. The third kappa shape index (κ3) is 5.76. The first kappa shape index (κ1) is 15.8. The van der Waals surface area contributed by atoms with E-state index in [1.165, 1.54) is 32.1 Å². The maximum Gasteiger partial charge on any atom is 0.238 e. The van der Waals surface area contributed by atoms with Gasteiger partial charge in [-0.15, -0.1) is 0 Å². The predicted molar refractivity (Wildman–Crippen MR) is 85.8 cm³/mol. The molecule has 1 heterocycles. The predicted octanol–water partition coefficient (Wildman–Crippen LogP) is 3.29. The Bertz CT molecular complexity index is 423. The number of ether oxygens (including phenoxy) is 1. The summed E-state index contributed by atoms with van der Waals surface area (Å²) in [6.45, 7) is 5.18. The zero-order chi connectivity index (χ0) is 14.9. The van der Waals surface area contributed by atoms with Crippen molar-refractivity contribution in [2.45, 2.75) is 39.0 Å². The van der Waals surface area contributed by atoms with E-state index in [0.717, 1.165) is 24.5 Å². The van der Waals surface area contributed by atoms with Gasteiger partial charge in [0.15, 0.2) is 0 Å². The minimum absolute atomic E-state index is 0.0692. The number of carbonyl (C=O) groups excluding carboxylic acids is 1. The van der Waals surface area contributed by atoms with Crippen LogP contribution in [0.3, 0.4) is 0 Å². The smallest absolute Gasteiger partial charge is 0.238 e. The number of nitrogens with zero attached hydrogens (tertiary/aromatic N) is 1. The number of likely N-dealkylation sites (tertiary alicyclic amines) is 1. The van der Waals surface area contributed by atoms with E-state index in [9.17, 15) is 4.79 Å². The van der Waals surface area contributed by atoms with Gasteiger partial charge in [0.25, 0.3) is 0 Å². The number of rotatable bonds is 5. The van der Waals surface area contributed by atoms with E-state index >= 15 is 0 Å². The minimum atomic E-state index is 0.0692. The molecule has 4 heteroatoms. The monoisotopic (exact) mass is 290 g/mol. The Kier molecular flexibility index (Phi) is 6.54. The third-order valence-corrected chi connectivity index (χ3v) is 3.76. The second-order valence-corrected chi connectivity index (χ2v) is 5.55. The SMILES string of the molecule is CCOc1ccc(NC(=O)CN2CCCCCCC2)cc1. The molecular weight excluding hydrogens is 264 g/mol. The normalized spacial score (nSPS) is 16.8. The van der Waals surface area contributed by atoms with Gasteiger partial charge in [0.2, 0.25) is 5.91 Å². The van der Waals surface area contributed by atoms with E-state index in [0.29, 0.717) is 13.2 Å². The number of hydrogen-bond acceptors (Lipinski definition) is 3. The van der Waals surface area contributed by atoms with Crippen LogP contribution in [-0.4, -0.2) is 37.0 Å². The first-order valence-corrected chi connectivity index (χ1v) is 8.03.